The van der Waals surface area contributed by atoms with Crippen LogP contribution in [-0.2, 0) is 11.3 Å². The third-order valence-corrected chi connectivity index (χ3v) is 6.19. The van der Waals surface area contributed by atoms with Gasteiger partial charge in [-0.15, -0.1) is 0 Å². The molecule has 2 fully saturated rings. The summed E-state index contributed by atoms with van der Waals surface area (Å²) < 4.78 is 8.01. The number of pyridine rings is 1. The summed E-state index contributed by atoms with van der Waals surface area (Å²) in [5, 5.41) is 0. The van der Waals surface area contributed by atoms with E-state index >= 15 is 0 Å². The Kier molecular flexibility index (Phi) is 6.50. The van der Waals surface area contributed by atoms with E-state index in [1.54, 1.807) is 0 Å². The van der Waals surface area contributed by atoms with Gasteiger partial charge in [-0.05, 0) is 63.8 Å². The summed E-state index contributed by atoms with van der Waals surface area (Å²) in [4.78, 5) is 22.5. The molecule has 0 N–H and O–H groups in total. The minimum Gasteiger partial charge on any atom is -0.377 e. The molecule has 2 aromatic rings. The van der Waals surface area contributed by atoms with Crippen molar-refractivity contribution in [1.29, 1.82) is 0 Å². The van der Waals surface area contributed by atoms with Crippen LogP contribution in [0.1, 0.15) is 66.7 Å². The number of likely N-dealkylation sites (tertiary alicyclic amines) is 1. The Balaban J connectivity index is 1.59. The minimum atomic E-state index is 0.0885. The first-order chi connectivity index (χ1) is 14.1. The molecular formula is C23H34N4O2. The number of ether oxygens (including phenoxy) is 1. The third-order valence-electron chi connectivity index (χ3n) is 6.19. The second-order valence-electron chi connectivity index (χ2n) is 8.73. The number of nitrogens with zero attached hydrogens (tertiary/aromatic N) is 4. The molecule has 1 amide bonds. The maximum atomic E-state index is 13.4. The zero-order valence-electron chi connectivity index (χ0n) is 17.9. The summed E-state index contributed by atoms with van der Waals surface area (Å²) in [5.74, 6) is 0.0885. The number of carbonyl (C=O) groups is 1. The third kappa shape index (κ3) is 4.81. The van der Waals surface area contributed by atoms with Crippen LogP contribution in [0.3, 0.4) is 0 Å². The van der Waals surface area contributed by atoms with E-state index in [-0.39, 0.29) is 5.91 Å². The van der Waals surface area contributed by atoms with Gasteiger partial charge in [0.2, 0.25) is 0 Å². The average molecular weight is 399 g/mol. The molecule has 0 aromatic carbocycles. The Morgan fingerprint density at radius 3 is 2.72 bits per heavy atom. The van der Waals surface area contributed by atoms with Crippen LogP contribution in [0.25, 0.3) is 5.65 Å². The molecule has 0 bridgehead atoms. The zero-order valence-corrected chi connectivity index (χ0v) is 17.9. The Hall–Kier alpha value is -1.92. The van der Waals surface area contributed by atoms with Crippen molar-refractivity contribution in [1.82, 2.24) is 19.2 Å². The highest BCUT2D eigenvalue weighted by molar-refractivity contribution is 5.94. The predicted octanol–water partition coefficient (Wildman–Crippen LogP) is 3.66. The number of hydrogen-bond acceptors (Lipinski definition) is 4. The van der Waals surface area contributed by atoms with Crippen molar-refractivity contribution in [3.05, 3.63) is 35.3 Å². The van der Waals surface area contributed by atoms with E-state index in [1.165, 1.54) is 25.7 Å². The number of carbonyl (C=O) groups excluding carboxylic acids is 1. The number of hydrogen-bond donors (Lipinski definition) is 0. The van der Waals surface area contributed by atoms with Gasteiger partial charge in [0.05, 0.1) is 11.8 Å². The molecule has 0 aliphatic carbocycles. The van der Waals surface area contributed by atoms with Crippen LogP contribution in [0.2, 0.25) is 0 Å². The highest BCUT2D eigenvalue weighted by Crippen LogP contribution is 2.21. The van der Waals surface area contributed by atoms with E-state index in [0.717, 1.165) is 62.4 Å². The molecule has 2 aromatic heterocycles. The molecule has 6 heteroatoms. The second kappa shape index (κ2) is 9.26. The van der Waals surface area contributed by atoms with Crippen LogP contribution < -0.4 is 0 Å². The van der Waals surface area contributed by atoms with Gasteiger partial charge in [-0.25, -0.2) is 4.98 Å². The zero-order chi connectivity index (χ0) is 20.2. The lowest BCUT2D eigenvalue weighted by molar-refractivity contribution is -0.00280. The number of amides is 1. The van der Waals surface area contributed by atoms with Crippen LogP contribution in [0.5, 0.6) is 0 Å². The number of imidazole rings is 1. The first-order valence-electron chi connectivity index (χ1n) is 11.2. The van der Waals surface area contributed by atoms with Crippen LogP contribution in [0.15, 0.2) is 18.3 Å². The van der Waals surface area contributed by atoms with Gasteiger partial charge in [0.1, 0.15) is 5.65 Å². The van der Waals surface area contributed by atoms with E-state index in [1.807, 2.05) is 4.90 Å². The summed E-state index contributed by atoms with van der Waals surface area (Å²) in [5.41, 5.74) is 3.63. The van der Waals surface area contributed by atoms with Crippen molar-refractivity contribution in [3.8, 4) is 0 Å². The molecular weight excluding hydrogens is 364 g/mol. The molecule has 6 nitrogen and oxygen atoms in total. The average Bonchev–Trinajstić information content (AvgIpc) is 2.89. The fourth-order valence-corrected chi connectivity index (χ4v) is 4.56. The van der Waals surface area contributed by atoms with Crippen LogP contribution in [0.4, 0.5) is 0 Å². The number of rotatable bonds is 5. The van der Waals surface area contributed by atoms with E-state index in [4.69, 9.17) is 9.72 Å². The Bertz CT molecular complexity index is 833. The molecule has 4 rings (SSSR count). The summed E-state index contributed by atoms with van der Waals surface area (Å²) in [6.07, 6.45) is 10.5. The minimum absolute atomic E-state index is 0.0885. The molecule has 0 spiro atoms. The second-order valence-corrected chi connectivity index (χ2v) is 8.73. The normalized spacial score (nSPS) is 20.9. The number of aromatic nitrogens is 2. The first kappa shape index (κ1) is 20.4. The molecule has 29 heavy (non-hydrogen) atoms. The van der Waals surface area contributed by atoms with Crippen molar-refractivity contribution in [2.24, 2.45) is 0 Å². The molecule has 0 radical (unpaired) electrons. The maximum Gasteiger partial charge on any atom is 0.274 e. The SMILES string of the molecule is Cc1ccn2c(CN(C)C[C@@H]3CCCCO3)c(C(=O)N3CCCCCC3)nc2c1. The van der Waals surface area contributed by atoms with Gasteiger partial charge < -0.3 is 14.0 Å². The standard InChI is InChI=1S/C23H34N4O2/c1-18-10-13-27-20(17-25(2)16-19-9-5-8-14-29-19)22(24-21(27)15-18)23(28)26-11-6-3-4-7-12-26/h10,13,15,19H,3-9,11-12,14,16-17H2,1-2H3/t19-/m0/s1. The van der Waals surface area contributed by atoms with Crippen LogP contribution in [-0.4, -0.2) is 64.5 Å². The van der Waals surface area contributed by atoms with Crippen molar-refractivity contribution in [2.75, 3.05) is 33.3 Å². The highest BCUT2D eigenvalue weighted by Gasteiger charge is 2.26. The molecule has 4 heterocycles. The van der Waals surface area contributed by atoms with Crippen molar-refractivity contribution in [3.63, 3.8) is 0 Å². The van der Waals surface area contributed by atoms with Gasteiger partial charge in [-0.1, -0.05) is 12.8 Å². The van der Waals surface area contributed by atoms with Crippen LogP contribution >= 0.6 is 0 Å². The number of fused-ring (bicyclic) bond motifs is 1. The van der Waals surface area contributed by atoms with E-state index < -0.39 is 0 Å². The van der Waals surface area contributed by atoms with Gasteiger partial charge >= 0.3 is 0 Å². The van der Waals surface area contributed by atoms with Gasteiger partial charge in [0.25, 0.3) is 5.91 Å². The Morgan fingerprint density at radius 2 is 2.00 bits per heavy atom. The van der Waals surface area contributed by atoms with Crippen LogP contribution in [0, 0.1) is 6.92 Å². The molecule has 2 saturated heterocycles. The Morgan fingerprint density at radius 1 is 1.21 bits per heavy atom. The summed E-state index contributed by atoms with van der Waals surface area (Å²) in [7, 11) is 2.12. The fraction of sp³-hybridized carbons (Fsp3) is 0.652. The topological polar surface area (TPSA) is 50.1 Å². The molecule has 2 aliphatic heterocycles. The lowest BCUT2D eigenvalue weighted by atomic mass is 10.1. The highest BCUT2D eigenvalue weighted by atomic mass is 16.5. The van der Waals surface area contributed by atoms with E-state index in [0.29, 0.717) is 18.3 Å². The number of aryl methyl sites for hydroxylation is 1. The van der Waals surface area contributed by atoms with Crippen molar-refractivity contribution >= 4 is 11.6 Å². The van der Waals surface area contributed by atoms with Gasteiger partial charge in [0.15, 0.2) is 5.69 Å². The Labute approximate surface area is 173 Å². The van der Waals surface area contributed by atoms with Crippen molar-refractivity contribution < 1.29 is 9.53 Å². The smallest absolute Gasteiger partial charge is 0.274 e. The summed E-state index contributed by atoms with van der Waals surface area (Å²) in [6.45, 7) is 6.20. The summed E-state index contributed by atoms with van der Waals surface area (Å²) in [6, 6.07) is 4.15. The largest absolute Gasteiger partial charge is 0.377 e. The van der Waals surface area contributed by atoms with E-state index in [2.05, 4.69) is 41.6 Å². The first-order valence-corrected chi connectivity index (χ1v) is 11.2. The monoisotopic (exact) mass is 398 g/mol. The quantitative estimate of drug-likeness (QED) is 0.771. The fourth-order valence-electron chi connectivity index (χ4n) is 4.56. The lowest BCUT2D eigenvalue weighted by Gasteiger charge is -2.27. The van der Waals surface area contributed by atoms with E-state index in [9.17, 15) is 4.79 Å². The molecule has 2 aliphatic rings. The lowest BCUT2D eigenvalue weighted by Crippen LogP contribution is -2.35. The van der Waals surface area contributed by atoms with Gasteiger partial charge in [-0.3, -0.25) is 9.69 Å². The molecule has 1 atom stereocenters. The molecule has 0 saturated carbocycles. The maximum absolute atomic E-state index is 13.4. The molecule has 158 valence electrons. The molecule has 0 unspecified atom stereocenters. The van der Waals surface area contributed by atoms with Gasteiger partial charge in [0, 0.05) is 39.0 Å². The summed E-state index contributed by atoms with van der Waals surface area (Å²) >= 11 is 0. The van der Waals surface area contributed by atoms with Crippen molar-refractivity contribution in [2.45, 2.75) is 64.5 Å². The van der Waals surface area contributed by atoms with Gasteiger partial charge in [-0.2, -0.15) is 0 Å². The predicted molar refractivity (Wildman–Crippen MR) is 114 cm³/mol. The number of likely N-dealkylation sites (N-methyl/N-ethyl adjacent to an activating group) is 1.